The fourth-order valence-corrected chi connectivity index (χ4v) is 9.82. The summed E-state index contributed by atoms with van der Waals surface area (Å²) >= 11 is 12.8. The zero-order valence-corrected chi connectivity index (χ0v) is 31.9. The molecular formula is C43H39Cl2N3O7. The number of hydrogen-bond acceptors (Lipinski definition) is 8. The zero-order chi connectivity index (χ0) is 38.8. The topological polar surface area (TPSA) is 125 Å². The normalized spacial score (nSPS) is 25.7. The maximum absolute atomic E-state index is 15.5. The number of phenols is 1. The number of imide groups is 2. The van der Waals surface area contributed by atoms with Gasteiger partial charge in [-0.05, 0) is 91.8 Å². The van der Waals surface area contributed by atoms with Gasteiger partial charge >= 0.3 is 0 Å². The van der Waals surface area contributed by atoms with Crippen LogP contribution >= 0.6 is 23.2 Å². The van der Waals surface area contributed by atoms with Crippen LogP contribution in [0.15, 0.2) is 96.6 Å². The summed E-state index contributed by atoms with van der Waals surface area (Å²) in [5, 5.41) is 13.6. The molecule has 4 aromatic rings. The molecule has 0 spiro atoms. The van der Waals surface area contributed by atoms with Crippen LogP contribution in [0.25, 0.3) is 0 Å². The lowest BCUT2D eigenvalue weighted by Crippen LogP contribution is -2.53. The minimum atomic E-state index is -1.63. The number of hydrazine groups is 1. The van der Waals surface area contributed by atoms with Crippen molar-refractivity contribution in [1.29, 1.82) is 0 Å². The van der Waals surface area contributed by atoms with Crippen molar-refractivity contribution in [1.82, 2.24) is 5.01 Å². The number of hydrogen-bond donors (Lipinski definition) is 2. The number of carbonyl (C=O) groups excluding carboxylic acids is 4. The number of nitrogens with one attached hydrogen (secondary N) is 1. The van der Waals surface area contributed by atoms with Gasteiger partial charge in [-0.15, -0.1) is 0 Å². The molecule has 4 amide bonds. The van der Waals surface area contributed by atoms with E-state index >= 15 is 9.59 Å². The average molecular weight is 781 g/mol. The lowest BCUT2D eigenvalue weighted by molar-refractivity contribution is -0.138. The molecule has 3 fully saturated rings. The van der Waals surface area contributed by atoms with E-state index in [0.29, 0.717) is 33.2 Å². The van der Waals surface area contributed by atoms with Crippen molar-refractivity contribution in [2.75, 3.05) is 24.0 Å². The summed E-state index contributed by atoms with van der Waals surface area (Å²) in [7, 11) is 1.54. The Morgan fingerprint density at radius 3 is 2.31 bits per heavy atom. The highest BCUT2D eigenvalue weighted by Gasteiger charge is 2.70. The molecule has 2 aliphatic carbocycles. The van der Waals surface area contributed by atoms with Gasteiger partial charge in [-0.2, -0.15) is 5.01 Å². The molecular weight excluding hydrogens is 741 g/mol. The minimum absolute atomic E-state index is 0.0835. The molecule has 2 heterocycles. The number of halogens is 2. The first-order chi connectivity index (χ1) is 26.5. The lowest BCUT2D eigenvalue weighted by Gasteiger charge is -2.50. The van der Waals surface area contributed by atoms with Crippen LogP contribution in [0.5, 0.6) is 17.2 Å². The fraction of sp³-hybridized carbons (Fsp3) is 0.302. The molecule has 4 aromatic carbocycles. The number of amides is 4. The number of aromatic hydroxyl groups is 1. The van der Waals surface area contributed by atoms with Crippen LogP contribution in [0.4, 0.5) is 11.4 Å². The third-order valence-electron chi connectivity index (χ3n) is 11.8. The molecule has 282 valence electrons. The van der Waals surface area contributed by atoms with Gasteiger partial charge in [-0.1, -0.05) is 78.2 Å². The minimum Gasteiger partial charge on any atom is -0.504 e. The van der Waals surface area contributed by atoms with E-state index in [2.05, 4.69) is 5.43 Å². The number of rotatable bonds is 9. The molecule has 12 heteroatoms. The summed E-state index contributed by atoms with van der Waals surface area (Å²) in [6, 6.07) is 24.2. The van der Waals surface area contributed by atoms with E-state index in [4.69, 9.17) is 32.7 Å². The van der Waals surface area contributed by atoms with Gasteiger partial charge in [0.2, 0.25) is 11.8 Å². The van der Waals surface area contributed by atoms with E-state index in [1.807, 2.05) is 25.1 Å². The van der Waals surface area contributed by atoms with Crippen LogP contribution in [0.3, 0.4) is 0 Å². The molecule has 0 bridgehead atoms. The molecule has 4 aliphatic rings. The fourth-order valence-electron chi connectivity index (χ4n) is 9.37. The number of allylic oxidation sites excluding steroid dienone is 2. The SMILES string of the molecule is CCOc1cccc([C@H]2C3=CC[C@@H]4C(=O)N(c5ccc(CC)cc5)C(=O)[C@@H]4[C@@H]3C[C@H]3C(=O)N(Nc4ccc(Cl)cc4Cl)C(=O)[C@@]23c2ccc(OC)cc2)c1O. The summed E-state index contributed by atoms with van der Waals surface area (Å²) in [4.78, 5) is 60.6. The van der Waals surface area contributed by atoms with E-state index in [0.717, 1.165) is 17.0 Å². The van der Waals surface area contributed by atoms with Crippen molar-refractivity contribution in [3.05, 3.63) is 123 Å². The summed E-state index contributed by atoms with van der Waals surface area (Å²) in [5.41, 5.74) is 4.79. The summed E-state index contributed by atoms with van der Waals surface area (Å²) < 4.78 is 11.3. The highest BCUT2D eigenvalue weighted by atomic mass is 35.5. The molecule has 8 rings (SSSR count). The predicted molar refractivity (Wildman–Crippen MR) is 208 cm³/mol. The summed E-state index contributed by atoms with van der Waals surface area (Å²) in [6.45, 7) is 4.11. The Bertz CT molecular complexity index is 2260. The quantitative estimate of drug-likeness (QED) is 0.130. The van der Waals surface area contributed by atoms with Gasteiger partial charge in [0.05, 0.1) is 53.3 Å². The van der Waals surface area contributed by atoms with Crippen LogP contribution in [0.2, 0.25) is 10.0 Å². The molecule has 0 unspecified atom stereocenters. The van der Waals surface area contributed by atoms with Gasteiger partial charge < -0.3 is 14.6 Å². The first-order valence-corrected chi connectivity index (χ1v) is 19.2. The second kappa shape index (κ2) is 14.1. The number of aryl methyl sites for hydroxylation is 1. The average Bonchev–Trinajstić information content (AvgIpc) is 3.57. The first-order valence-electron chi connectivity index (χ1n) is 18.4. The smallest absolute Gasteiger partial charge is 0.260 e. The molecule has 2 saturated heterocycles. The van der Waals surface area contributed by atoms with Crippen LogP contribution in [0, 0.1) is 23.7 Å². The Kier molecular flexibility index (Phi) is 9.38. The Morgan fingerprint density at radius 1 is 0.891 bits per heavy atom. The maximum atomic E-state index is 15.5. The summed E-state index contributed by atoms with van der Waals surface area (Å²) in [6.07, 6.45) is 3.08. The molecule has 0 radical (unpaired) electrons. The number of phenolic OH excluding ortho intramolecular Hbond substituents is 1. The van der Waals surface area contributed by atoms with Crippen molar-refractivity contribution in [2.24, 2.45) is 23.7 Å². The van der Waals surface area contributed by atoms with Gasteiger partial charge in [0, 0.05) is 16.5 Å². The largest absolute Gasteiger partial charge is 0.504 e. The maximum Gasteiger partial charge on any atom is 0.260 e. The monoisotopic (exact) mass is 779 g/mol. The molecule has 6 atom stereocenters. The Hall–Kier alpha value is -5.32. The number of methoxy groups -OCH3 is 1. The second-order valence-electron chi connectivity index (χ2n) is 14.4. The Balaban J connectivity index is 1.34. The third-order valence-corrected chi connectivity index (χ3v) is 12.4. The van der Waals surface area contributed by atoms with Crippen molar-refractivity contribution < 1.29 is 33.8 Å². The van der Waals surface area contributed by atoms with Gasteiger partial charge in [0.15, 0.2) is 11.5 Å². The highest BCUT2D eigenvalue weighted by molar-refractivity contribution is 6.36. The first kappa shape index (κ1) is 36.6. The van der Waals surface area contributed by atoms with E-state index < -0.39 is 46.8 Å². The van der Waals surface area contributed by atoms with Crippen molar-refractivity contribution >= 4 is 58.2 Å². The third kappa shape index (κ3) is 5.60. The molecule has 1 saturated carbocycles. The number of ether oxygens (including phenoxy) is 2. The van der Waals surface area contributed by atoms with E-state index in [1.165, 1.54) is 18.1 Å². The van der Waals surface area contributed by atoms with Crippen LogP contribution < -0.4 is 19.8 Å². The Labute approximate surface area is 328 Å². The Morgan fingerprint density at radius 2 is 1.64 bits per heavy atom. The molecule has 0 aromatic heterocycles. The predicted octanol–water partition coefficient (Wildman–Crippen LogP) is 7.86. The van der Waals surface area contributed by atoms with E-state index in [9.17, 15) is 14.7 Å². The number of benzene rings is 4. The van der Waals surface area contributed by atoms with Gasteiger partial charge in [-0.3, -0.25) is 29.5 Å². The number of para-hydroxylation sites is 1. The number of carbonyl (C=O) groups is 4. The zero-order valence-electron chi connectivity index (χ0n) is 30.4. The van der Waals surface area contributed by atoms with Gasteiger partial charge in [0.1, 0.15) is 5.75 Å². The van der Waals surface area contributed by atoms with Crippen molar-refractivity contribution in [3.63, 3.8) is 0 Å². The number of anilines is 2. The molecule has 55 heavy (non-hydrogen) atoms. The van der Waals surface area contributed by atoms with E-state index in [1.54, 1.807) is 73.7 Å². The van der Waals surface area contributed by atoms with Gasteiger partial charge in [-0.25, -0.2) is 0 Å². The standard InChI is InChI=1S/C43H39Cl2N3O7/c1-4-23-9-14-26(15-10-23)47-39(50)29-19-18-28-31(36(29)41(47)52)22-32-40(51)48(46-34-20-13-25(44)21-33(34)45)42(53)43(32,24-11-16-27(54-3)17-12-24)37(28)30-7-6-8-35(38(30)49)55-5-2/h6-18,20-21,29,31-32,36-37,46,49H,4-5,19,22H2,1-3H3/t29-,31+,32-,36-,37+,43+/m0/s1. The lowest BCUT2D eigenvalue weighted by atomic mass is 9.49. The molecule has 2 N–H and O–H groups in total. The summed E-state index contributed by atoms with van der Waals surface area (Å²) in [5.74, 6) is -5.28. The van der Waals surface area contributed by atoms with Crippen molar-refractivity contribution in [3.8, 4) is 17.2 Å². The van der Waals surface area contributed by atoms with Gasteiger partial charge in [0.25, 0.3) is 11.8 Å². The molecule has 10 nitrogen and oxygen atoms in total. The van der Waals surface area contributed by atoms with E-state index in [-0.39, 0.29) is 53.5 Å². The van der Waals surface area contributed by atoms with Crippen LogP contribution in [-0.2, 0) is 31.0 Å². The van der Waals surface area contributed by atoms with Crippen molar-refractivity contribution in [2.45, 2.75) is 44.4 Å². The highest BCUT2D eigenvalue weighted by Crippen LogP contribution is 2.65. The molecule has 2 aliphatic heterocycles. The van der Waals surface area contributed by atoms with Crippen LogP contribution in [-0.4, -0.2) is 47.5 Å². The number of fused-ring (bicyclic) bond motifs is 4. The second-order valence-corrected chi connectivity index (χ2v) is 15.2. The number of nitrogens with zero attached hydrogens (tertiary/aromatic N) is 2. The van der Waals surface area contributed by atoms with Crippen LogP contribution in [0.1, 0.15) is 49.3 Å².